The van der Waals surface area contributed by atoms with Gasteiger partial charge in [0.2, 0.25) is 0 Å². The highest BCUT2D eigenvalue weighted by atomic mass is 79.9. The maximum absolute atomic E-state index is 9.82. The van der Waals surface area contributed by atoms with Crippen molar-refractivity contribution < 1.29 is 5.11 Å². The van der Waals surface area contributed by atoms with Crippen LogP contribution in [0.4, 0.5) is 0 Å². The average molecular weight is 318 g/mol. The largest absolute Gasteiger partial charge is 0.507 e. The van der Waals surface area contributed by atoms with Gasteiger partial charge in [0.1, 0.15) is 5.75 Å². The van der Waals surface area contributed by atoms with E-state index in [4.69, 9.17) is 0 Å². The minimum Gasteiger partial charge on any atom is -0.507 e. The topological polar surface area (TPSA) is 87.6 Å². The molecule has 3 aromatic rings. The van der Waals surface area contributed by atoms with Gasteiger partial charge in [0.25, 0.3) is 0 Å². The summed E-state index contributed by atoms with van der Waals surface area (Å²) in [6.45, 7) is 0. The molecule has 2 aromatic heterocycles. The Morgan fingerprint density at radius 3 is 2.68 bits per heavy atom. The number of benzene rings is 1. The fraction of sp³-hybridized carbons (Fsp3) is 0. The zero-order valence-corrected chi connectivity index (χ0v) is 11.2. The average Bonchev–Trinajstić information content (AvgIpc) is 2.92. The summed E-state index contributed by atoms with van der Waals surface area (Å²) in [6.07, 6.45) is 3.25. The van der Waals surface area contributed by atoms with Crippen molar-refractivity contribution >= 4 is 15.9 Å². The molecule has 0 fully saturated rings. The van der Waals surface area contributed by atoms with E-state index in [-0.39, 0.29) is 5.75 Å². The molecule has 7 heteroatoms. The minimum absolute atomic E-state index is 0.114. The van der Waals surface area contributed by atoms with Crippen molar-refractivity contribution in [1.82, 2.24) is 25.1 Å². The first-order chi connectivity index (χ1) is 9.24. The second-order valence-corrected chi connectivity index (χ2v) is 4.66. The molecule has 94 valence electrons. The number of aromatic amines is 1. The molecule has 0 unspecified atom stereocenters. The van der Waals surface area contributed by atoms with E-state index in [1.54, 1.807) is 36.7 Å². The monoisotopic (exact) mass is 317 g/mol. The van der Waals surface area contributed by atoms with Gasteiger partial charge in [-0.25, -0.2) is 15.0 Å². The van der Waals surface area contributed by atoms with Gasteiger partial charge in [0.15, 0.2) is 17.5 Å². The van der Waals surface area contributed by atoms with E-state index in [0.717, 1.165) is 4.47 Å². The lowest BCUT2D eigenvalue weighted by Gasteiger charge is -1.99. The molecule has 19 heavy (non-hydrogen) atoms. The van der Waals surface area contributed by atoms with Crippen LogP contribution in [0.1, 0.15) is 0 Å². The van der Waals surface area contributed by atoms with Gasteiger partial charge >= 0.3 is 0 Å². The predicted molar refractivity (Wildman–Crippen MR) is 72.2 cm³/mol. The molecule has 0 radical (unpaired) electrons. The molecule has 2 N–H and O–H groups in total. The zero-order valence-electron chi connectivity index (χ0n) is 9.58. The number of halogens is 1. The summed E-state index contributed by atoms with van der Waals surface area (Å²) >= 11 is 3.34. The first kappa shape index (κ1) is 11.8. The number of aromatic hydroxyl groups is 1. The number of phenolic OH excluding ortho intramolecular Hbond substituents is 1. The molecule has 0 amide bonds. The molecule has 1 aromatic carbocycles. The maximum atomic E-state index is 9.82. The van der Waals surface area contributed by atoms with Crippen LogP contribution >= 0.6 is 15.9 Å². The standard InChI is InChI=1S/C12H8BrN5O/c13-7-2-3-9(19)8(6-7)10-16-12(18-17-10)11-14-4-1-5-15-11/h1-6,19H,(H,16,17,18). The molecule has 0 aliphatic heterocycles. The summed E-state index contributed by atoms with van der Waals surface area (Å²) in [5.74, 6) is 1.41. The number of nitrogens with one attached hydrogen (secondary N) is 1. The molecule has 0 saturated carbocycles. The molecule has 0 spiro atoms. The SMILES string of the molecule is Oc1ccc(Br)cc1-c1n[nH]c(-c2ncccn2)n1. The highest BCUT2D eigenvalue weighted by Gasteiger charge is 2.12. The second-order valence-electron chi connectivity index (χ2n) is 3.74. The van der Waals surface area contributed by atoms with Gasteiger partial charge in [-0.05, 0) is 24.3 Å². The van der Waals surface area contributed by atoms with Crippen molar-refractivity contribution in [2.24, 2.45) is 0 Å². The molecule has 3 rings (SSSR count). The molecule has 0 aliphatic rings. The molecule has 0 aliphatic carbocycles. The van der Waals surface area contributed by atoms with E-state index < -0.39 is 0 Å². The van der Waals surface area contributed by atoms with Crippen LogP contribution in [0.5, 0.6) is 5.75 Å². The van der Waals surface area contributed by atoms with Crippen LogP contribution in [0.3, 0.4) is 0 Å². The fourth-order valence-electron chi connectivity index (χ4n) is 1.59. The Bertz CT molecular complexity index is 713. The van der Waals surface area contributed by atoms with Crippen molar-refractivity contribution in [1.29, 1.82) is 0 Å². The molecular weight excluding hydrogens is 310 g/mol. The summed E-state index contributed by atoms with van der Waals surface area (Å²) in [6, 6.07) is 6.79. The van der Waals surface area contributed by atoms with Gasteiger partial charge in [-0.2, -0.15) is 5.10 Å². The molecule has 2 heterocycles. The zero-order chi connectivity index (χ0) is 13.2. The molecule has 0 atom stereocenters. The number of hydrogen-bond donors (Lipinski definition) is 2. The lowest BCUT2D eigenvalue weighted by atomic mass is 10.2. The summed E-state index contributed by atoms with van der Waals surface area (Å²) in [5.41, 5.74) is 0.535. The number of hydrogen-bond acceptors (Lipinski definition) is 5. The summed E-state index contributed by atoms with van der Waals surface area (Å²) in [5, 5.41) is 16.6. The lowest BCUT2D eigenvalue weighted by Crippen LogP contribution is -1.88. The van der Waals surface area contributed by atoms with Crippen molar-refractivity contribution in [3.8, 4) is 28.8 Å². The summed E-state index contributed by atoms with van der Waals surface area (Å²) in [7, 11) is 0. The molecule has 6 nitrogen and oxygen atoms in total. The van der Waals surface area contributed by atoms with Crippen LogP contribution in [0.15, 0.2) is 41.1 Å². The van der Waals surface area contributed by atoms with E-state index in [1.807, 2.05) is 0 Å². The minimum atomic E-state index is 0.114. The van der Waals surface area contributed by atoms with Crippen LogP contribution in [0.25, 0.3) is 23.0 Å². The van der Waals surface area contributed by atoms with Gasteiger partial charge < -0.3 is 5.11 Å². The van der Waals surface area contributed by atoms with E-state index in [9.17, 15) is 5.11 Å². The van der Waals surface area contributed by atoms with Crippen LogP contribution < -0.4 is 0 Å². The number of nitrogens with zero attached hydrogens (tertiary/aromatic N) is 4. The Hall–Kier alpha value is -2.28. The van der Waals surface area contributed by atoms with E-state index in [0.29, 0.717) is 23.0 Å². The van der Waals surface area contributed by atoms with Crippen LogP contribution in [-0.2, 0) is 0 Å². The van der Waals surface area contributed by atoms with Gasteiger partial charge in [0.05, 0.1) is 5.56 Å². The Morgan fingerprint density at radius 2 is 1.89 bits per heavy atom. The van der Waals surface area contributed by atoms with E-state index in [2.05, 4.69) is 41.1 Å². The second kappa shape index (κ2) is 4.77. The number of aromatic nitrogens is 5. The Balaban J connectivity index is 2.04. The highest BCUT2D eigenvalue weighted by Crippen LogP contribution is 2.29. The fourth-order valence-corrected chi connectivity index (χ4v) is 1.95. The third-order valence-corrected chi connectivity index (χ3v) is 2.96. The van der Waals surface area contributed by atoms with Gasteiger partial charge in [-0.3, -0.25) is 5.10 Å². The van der Waals surface area contributed by atoms with Crippen LogP contribution in [0, 0.1) is 0 Å². The Morgan fingerprint density at radius 1 is 1.11 bits per heavy atom. The van der Waals surface area contributed by atoms with Crippen molar-refractivity contribution in [3.63, 3.8) is 0 Å². The smallest absolute Gasteiger partial charge is 0.197 e. The van der Waals surface area contributed by atoms with Crippen LogP contribution in [-0.4, -0.2) is 30.3 Å². The third kappa shape index (κ3) is 2.32. The van der Waals surface area contributed by atoms with Crippen molar-refractivity contribution in [3.05, 3.63) is 41.1 Å². The predicted octanol–water partition coefficient (Wildman–Crippen LogP) is 2.40. The van der Waals surface area contributed by atoms with Crippen LogP contribution in [0.2, 0.25) is 0 Å². The van der Waals surface area contributed by atoms with Gasteiger partial charge in [-0.15, -0.1) is 0 Å². The molecule has 0 bridgehead atoms. The molecule has 0 saturated heterocycles. The third-order valence-electron chi connectivity index (χ3n) is 2.46. The van der Waals surface area contributed by atoms with Crippen molar-refractivity contribution in [2.45, 2.75) is 0 Å². The normalized spacial score (nSPS) is 10.6. The van der Waals surface area contributed by atoms with Crippen molar-refractivity contribution in [2.75, 3.05) is 0 Å². The lowest BCUT2D eigenvalue weighted by molar-refractivity contribution is 0.477. The Labute approximate surface area is 116 Å². The van der Waals surface area contributed by atoms with E-state index >= 15 is 0 Å². The summed E-state index contributed by atoms with van der Waals surface area (Å²) in [4.78, 5) is 12.4. The number of H-pyrrole nitrogens is 1. The molecular formula is C12H8BrN5O. The Kier molecular flexibility index (Phi) is 2.96. The van der Waals surface area contributed by atoms with Gasteiger partial charge in [0, 0.05) is 16.9 Å². The maximum Gasteiger partial charge on any atom is 0.197 e. The first-order valence-electron chi connectivity index (χ1n) is 5.43. The highest BCUT2D eigenvalue weighted by molar-refractivity contribution is 9.10. The van der Waals surface area contributed by atoms with E-state index in [1.165, 1.54) is 0 Å². The summed E-state index contributed by atoms with van der Waals surface area (Å²) < 4.78 is 0.836. The number of rotatable bonds is 2. The van der Waals surface area contributed by atoms with Gasteiger partial charge in [-0.1, -0.05) is 15.9 Å². The quantitative estimate of drug-likeness (QED) is 0.757. The first-order valence-corrected chi connectivity index (χ1v) is 6.22. The number of phenols is 1.